The molecule has 1 aromatic rings. The van der Waals surface area contributed by atoms with Gasteiger partial charge in [0.1, 0.15) is 5.82 Å². The zero-order chi connectivity index (χ0) is 10.1. The van der Waals surface area contributed by atoms with Crippen molar-refractivity contribution in [1.29, 1.82) is 0 Å². The highest BCUT2D eigenvalue weighted by atomic mass is 32.1. The van der Waals surface area contributed by atoms with Gasteiger partial charge in [-0.3, -0.25) is 5.10 Å². The summed E-state index contributed by atoms with van der Waals surface area (Å²) in [6.45, 7) is 1.99. The van der Waals surface area contributed by atoms with Crippen molar-refractivity contribution in [2.45, 2.75) is 44.7 Å². The molecule has 0 saturated heterocycles. The fourth-order valence-corrected chi connectivity index (χ4v) is 2.09. The third-order valence-electron chi connectivity index (χ3n) is 2.72. The van der Waals surface area contributed by atoms with Crippen LogP contribution < -0.4 is 5.73 Å². The summed E-state index contributed by atoms with van der Waals surface area (Å²) < 4.78 is 2.88. The maximum atomic E-state index is 5.76. The van der Waals surface area contributed by atoms with Gasteiger partial charge in [-0.15, -0.1) is 0 Å². The molecule has 1 atom stereocenters. The van der Waals surface area contributed by atoms with Crippen LogP contribution in [-0.2, 0) is 6.42 Å². The van der Waals surface area contributed by atoms with E-state index in [2.05, 4.69) is 14.8 Å². The van der Waals surface area contributed by atoms with Gasteiger partial charge in [0, 0.05) is 18.5 Å². The monoisotopic (exact) mass is 212 g/mol. The van der Waals surface area contributed by atoms with Crippen LogP contribution in [0, 0.1) is 4.77 Å². The first-order chi connectivity index (χ1) is 6.68. The van der Waals surface area contributed by atoms with Crippen LogP contribution in [0.1, 0.15) is 38.1 Å². The second-order valence-corrected chi connectivity index (χ2v) is 4.47. The summed E-state index contributed by atoms with van der Waals surface area (Å²) >= 11 is 5.21. The van der Waals surface area contributed by atoms with E-state index < -0.39 is 0 Å². The molecule has 14 heavy (non-hydrogen) atoms. The maximum absolute atomic E-state index is 5.76. The van der Waals surface area contributed by atoms with E-state index >= 15 is 0 Å². The summed E-state index contributed by atoms with van der Waals surface area (Å²) in [5.74, 6) is 1.01. The van der Waals surface area contributed by atoms with E-state index in [1.54, 1.807) is 0 Å². The van der Waals surface area contributed by atoms with Crippen molar-refractivity contribution in [3.63, 3.8) is 0 Å². The average Bonchev–Trinajstić information content (AvgIpc) is 2.32. The van der Waals surface area contributed by atoms with Gasteiger partial charge in [-0.1, -0.05) is 0 Å². The first kappa shape index (κ1) is 9.86. The van der Waals surface area contributed by atoms with E-state index in [0.29, 0.717) is 6.04 Å². The van der Waals surface area contributed by atoms with E-state index in [4.69, 9.17) is 18.0 Å². The van der Waals surface area contributed by atoms with E-state index in [1.807, 2.05) is 6.92 Å². The summed E-state index contributed by atoms with van der Waals surface area (Å²) in [5, 5.41) is 7.08. The van der Waals surface area contributed by atoms with Crippen molar-refractivity contribution < 1.29 is 0 Å². The molecule has 0 aliphatic heterocycles. The Balaban J connectivity index is 2.26. The molecule has 1 fully saturated rings. The Hall–Kier alpha value is -0.680. The topological polar surface area (TPSA) is 59.6 Å². The lowest BCUT2D eigenvalue weighted by molar-refractivity contribution is 0.302. The average molecular weight is 212 g/mol. The Labute approximate surface area is 88.5 Å². The molecule has 5 heteroatoms. The lowest BCUT2D eigenvalue weighted by Crippen LogP contribution is -2.24. The summed E-state index contributed by atoms with van der Waals surface area (Å²) in [6.07, 6.45) is 4.54. The number of nitrogens with one attached hydrogen (secondary N) is 1. The van der Waals surface area contributed by atoms with Gasteiger partial charge >= 0.3 is 0 Å². The molecule has 0 amide bonds. The summed E-state index contributed by atoms with van der Waals surface area (Å²) in [7, 11) is 0. The van der Waals surface area contributed by atoms with Crippen molar-refractivity contribution in [2.75, 3.05) is 0 Å². The lowest BCUT2D eigenvalue weighted by atomic mass is 9.93. The molecular weight excluding hydrogens is 196 g/mol. The molecule has 0 radical (unpaired) electrons. The zero-order valence-corrected chi connectivity index (χ0v) is 9.18. The Morgan fingerprint density at radius 1 is 1.71 bits per heavy atom. The van der Waals surface area contributed by atoms with E-state index in [9.17, 15) is 0 Å². The highest BCUT2D eigenvalue weighted by molar-refractivity contribution is 7.71. The second-order valence-electron chi connectivity index (χ2n) is 4.08. The molecule has 1 aliphatic rings. The fraction of sp³-hybridized carbons (Fsp3) is 0.778. The smallest absolute Gasteiger partial charge is 0.195 e. The predicted molar refractivity (Wildman–Crippen MR) is 57.7 cm³/mol. The van der Waals surface area contributed by atoms with Gasteiger partial charge in [-0.25, -0.2) is 0 Å². The van der Waals surface area contributed by atoms with E-state index in [0.717, 1.165) is 17.0 Å². The Bertz CT molecular complexity index is 361. The van der Waals surface area contributed by atoms with E-state index in [1.165, 1.54) is 19.3 Å². The molecule has 1 unspecified atom stereocenters. The summed E-state index contributed by atoms with van der Waals surface area (Å²) in [4.78, 5) is 0. The maximum Gasteiger partial charge on any atom is 0.195 e. The largest absolute Gasteiger partial charge is 0.328 e. The molecule has 3 N–H and O–H groups in total. The number of aromatic nitrogens is 3. The van der Waals surface area contributed by atoms with Gasteiger partial charge < -0.3 is 10.3 Å². The molecule has 78 valence electrons. The molecular formula is C9H16N4S. The highest BCUT2D eigenvalue weighted by Gasteiger charge is 2.23. The van der Waals surface area contributed by atoms with Crippen LogP contribution in [-0.4, -0.2) is 20.8 Å². The number of hydrogen-bond acceptors (Lipinski definition) is 3. The predicted octanol–water partition coefficient (Wildman–Crippen LogP) is 1.56. The Morgan fingerprint density at radius 3 is 2.93 bits per heavy atom. The Kier molecular flexibility index (Phi) is 2.69. The van der Waals surface area contributed by atoms with Crippen LogP contribution in [0.15, 0.2) is 0 Å². The van der Waals surface area contributed by atoms with Crippen molar-refractivity contribution in [3.8, 4) is 0 Å². The van der Waals surface area contributed by atoms with Crippen molar-refractivity contribution >= 4 is 12.2 Å². The van der Waals surface area contributed by atoms with Crippen molar-refractivity contribution in [2.24, 2.45) is 5.73 Å². The minimum Gasteiger partial charge on any atom is -0.328 e. The van der Waals surface area contributed by atoms with Crippen LogP contribution in [0.3, 0.4) is 0 Å². The van der Waals surface area contributed by atoms with Gasteiger partial charge in [-0.2, -0.15) is 5.10 Å². The Morgan fingerprint density at radius 2 is 2.43 bits per heavy atom. The van der Waals surface area contributed by atoms with E-state index in [-0.39, 0.29) is 6.04 Å². The number of nitrogens with zero attached hydrogens (tertiary/aromatic N) is 2. The third-order valence-corrected chi connectivity index (χ3v) is 3.01. The molecule has 4 nitrogen and oxygen atoms in total. The van der Waals surface area contributed by atoms with Crippen LogP contribution in [0.5, 0.6) is 0 Å². The number of nitrogens with two attached hydrogens (primary N) is 1. The van der Waals surface area contributed by atoms with Crippen LogP contribution >= 0.6 is 12.2 Å². The normalized spacial score (nSPS) is 19.3. The van der Waals surface area contributed by atoms with Gasteiger partial charge in [0.15, 0.2) is 4.77 Å². The van der Waals surface area contributed by atoms with Crippen LogP contribution in [0.4, 0.5) is 0 Å². The summed E-state index contributed by atoms with van der Waals surface area (Å²) in [5.41, 5.74) is 5.76. The highest BCUT2D eigenvalue weighted by Crippen LogP contribution is 2.32. The molecule has 1 aliphatic carbocycles. The van der Waals surface area contributed by atoms with Crippen molar-refractivity contribution in [1.82, 2.24) is 14.8 Å². The minimum atomic E-state index is 0.138. The number of rotatable bonds is 3. The molecule has 1 heterocycles. The van der Waals surface area contributed by atoms with Gasteiger partial charge in [0.2, 0.25) is 0 Å². The first-order valence-electron chi connectivity index (χ1n) is 5.10. The number of hydrogen-bond donors (Lipinski definition) is 2. The molecule has 1 aromatic heterocycles. The molecule has 0 spiro atoms. The fourth-order valence-electron chi connectivity index (χ4n) is 1.79. The second kappa shape index (κ2) is 3.82. The molecule has 1 saturated carbocycles. The van der Waals surface area contributed by atoms with Gasteiger partial charge in [-0.05, 0) is 38.4 Å². The SMILES string of the molecule is CC(N)Cc1n[nH]c(=S)n1C1CCC1. The summed E-state index contributed by atoms with van der Waals surface area (Å²) in [6, 6.07) is 0.703. The van der Waals surface area contributed by atoms with Crippen LogP contribution in [0.2, 0.25) is 0 Å². The first-order valence-corrected chi connectivity index (χ1v) is 5.50. The molecule has 0 aromatic carbocycles. The minimum absolute atomic E-state index is 0.138. The standard InChI is InChI=1S/C9H16N4S/c1-6(10)5-8-11-12-9(14)13(8)7-3-2-4-7/h6-7H,2-5,10H2,1H3,(H,12,14). The zero-order valence-electron chi connectivity index (χ0n) is 8.36. The van der Waals surface area contributed by atoms with Crippen LogP contribution in [0.25, 0.3) is 0 Å². The third kappa shape index (κ3) is 1.74. The number of aromatic amines is 1. The quantitative estimate of drug-likeness (QED) is 0.747. The lowest BCUT2D eigenvalue weighted by Gasteiger charge is -2.27. The van der Waals surface area contributed by atoms with Crippen molar-refractivity contribution in [3.05, 3.63) is 10.6 Å². The van der Waals surface area contributed by atoms with Gasteiger partial charge in [0.25, 0.3) is 0 Å². The number of H-pyrrole nitrogens is 1. The molecule has 2 rings (SSSR count). The molecule has 0 bridgehead atoms. The van der Waals surface area contributed by atoms with Gasteiger partial charge in [0.05, 0.1) is 0 Å².